The normalized spacial score (nSPS) is 24.7. The Hall–Kier alpha value is -0.850. The lowest BCUT2D eigenvalue weighted by molar-refractivity contribution is -0.127. The van der Waals surface area contributed by atoms with Gasteiger partial charge in [-0.05, 0) is 24.8 Å². The van der Waals surface area contributed by atoms with Crippen LogP contribution in [0.2, 0.25) is 0 Å². The number of halogens is 2. The van der Waals surface area contributed by atoms with Gasteiger partial charge in [-0.15, -0.1) is 24.8 Å². The smallest absolute Gasteiger partial charge is 0.223 e. The Kier molecular flexibility index (Phi) is 10.5. The molecule has 3 rings (SSSR count). The predicted octanol–water partition coefficient (Wildman–Crippen LogP) is 2.54. The molecule has 2 fully saturated rings. The Labute approximate surface area is 168 Å². The average molecular weight is 404 g/mol. The largest absolute Gasteiger partial charge is 0.379 e. The van der Waals surface area contributed by atoms with Gasteiger partial charge in [-0.25, -0.2) is 0 Å². The van der Waals surface area contributed by atoms with Gasteiger partial charge in [0.25, 0.3) is 0 Å². The second kappa shape index (κ2) is 11.8. The van der Waals surface area contributed by atoms with E-state index in [-0.39, 0.29) is 48.7 Å². The molecule has 1 aromatic carbocycles. The fraction of sp³-hybridized carbons (Fsp3) is 0.632. The van der Waals surface area contributed by atoms with Crippen molar-refractivity contribution in [3.63, 3.8) is 0 Å². The van der Waals surface area contributed by atoms with Crippen molar-refractivity contribution >= 4 is 30.7 Å². The highest BCUT2D eigenvalue weighted by Gasteiger charge is 2.28. The first kappa shape index (κ1) is 23.2. The highest BCUT2D eigenvalue weighted by Crippen LogP contribution is 2.24. The van der Waals surface area contributed by atoms with E-state index >= 15 is 0 Å². The van der Waals surface area contributed by atoms with Crippen LogP contribution in [0.4, 0.5) is 0 Å². The molecule has 2 aliphatic rings. The van der Waals surface area contributed by atoms with Crippen LogP contribution in [-0.2, 0) is 9.53 Å². The van der Waals surface area contributed by atoms with Crippen LogP contribution in [0.5, 0.6) is 0 Å². The van der Waals surface area contributed by atoms with E-state index in [0.717, 1.165) is 64.1 Å². The van der Waals surface area contributed by atoms with Gasteiger partial charge in [0.05, 0.1) is 19.3 Å². The number of amides is 1. The van der Waals surface area contributed by atoms with Crippen LogP contribution < -0.4 is 11.1 Å². The third kappa shape index (κ3) is 6.71. The summed E-state index contributed by atoms with van der Waals surface area (Å²) < 4.78 is 5.43. The van der Waals surface area contributed by atoms with Crippen LogP contribution in [0.25, 0.3) is 0 Å². The molecular weight excluding hydrogens is 373 g/mol. The summed E-state index contributed by atoms with van der Waals surface area (Å²) >= 11 is 0. The van der Waals surface area contributed by atoms with Gasteiger partial charge < -0.3 is 15.8 Å². The highest BCUT2D eigenvalue weighted by molar-refractivity contribution is 5.85. The summed E-state index contributed by atoms with van der Waals surface area (Å²) in [6, 6.07) is 10.5. The van der Waals surface area contributed by atoms with E-state index in [1.807, 2.05) is 18.2 Å². The molecule has 1 aromatic rings. The number of morpholine rings is 1. The van der Waals surface area contributed by atoms with Crippen LogP contribution in [0, 0.1) is 5.92 Å². The molecular formula is C19H31Cl2N3O2. The van der Waals surface area contributed by atoms with Gasteiger partial charge >= 0.3 is 0 Å². The second-order valence-electron chi connectivity index (χ2n) is 7.01. The first-order chi connectivity index (χ1) is 11.7. The summed E-state index contributed by atoms with van der Waals surface area (Å²) in [6.45, 7) is 4.22. The minimum Gasteiger partial charge on any atom is -0.379 e. The zero-order chi connectivity index (χ0) is 16.8. The van der Waals surface area contributed by atoms with Crippen molar-refractivity contribution in [2.75, 3.05) is 32.8 Å². The number of rotatable bonds is 5. The highest BCUT2D eigenvalue weighted by atomic mass is 35.5. The predicted molar refractivity (Wildman–Crippen MR) is 109 cm³/mol. The molecule has 0 bridgehead atoms. The van der Waals surface area contributed by atoms with Crippen molar-refractivity contribution in [1.29, 1.82) is 0 Å². The number of benzene rings is 1. The molecule has 3 N–H and O–H groups in total. The Morgan fingerprint density at radius 3 is 2.54 bits per heavy atom. The maximum absolute atomic E-state index is 12.8. The molecule has 0 aromatic heterocycles. The number of nitrogens with one attached hydrogen (secondary N) is 1. The lowest BCUT2D eigenvalue weighted by Gasteiger charge is -2.33. The molecule has 148 valence electrons. The first-order valence-corrected chi connectivity index (χ1v) is 9.13. The zero-order valence-corrected chi connectivity index (χ0v) is 16.8. The van der Waals surface area contributed by atoms with Gasteiger partial charge in [-0.2, -0.15) is 0 Å². The van der Waals surface area contributed by atoms with Gasteiger partial charge in [0, 0.05) is 31.6 Å². The number of hydrogen-bond acceptors (Lipinski definition) is 4. The number of hydrogen-bond donors (Lipinski definition) is 2. The van der Waals surface area contributed by atoms with Crippen molar-refractivity contribution in [3.05, 3.63) is 35.9 Å². The number of carbonyl (C=O) groups is 1. The van der Waals surface area contributed by atoms with E-state index < -0.39 is 0 Å². The quantitative estimate of drug-likeness (QED) is 0.792. The molecule has 1 aliphatic carbocycles. The summed E-state index contributed by atoms with van der Waals surface area (Å²) in [5, 5.41) is 3.29. The SMILES string of the molecule is Cl.Cl.NC1CCCC(C(=O)NC(CN2CCOCC2)c2ccccc2)C1. The third-order valence-corrected chi connectivity index (χ3v) is 5.15. The Balaban J connectivity index is 0.00000169. The van der Waals surface area contributed by atoms with Gasteiger partial charge in [0.15, 0.2) is 0 Å². The molecule has 1 amide bonds. The second-order valence-corrected chi connectivity index (χ2v) is 7.01. The van der Waals surface area contributed by atoms with E-state index in [9.17, 15) is 4.79 Å². The van der Waals surface area contributed by atoms with Gasteiger partial charge in [0.2, 0.25) is 5.91 Å². The molecule has 1 saturated heterocycles. The zero-order valence-electron chi connectivity index (χ0n) is 15.1. The molecule has 0 spiro atoms. The van der Waals surface area contributed by atoms with Gasteiger partial charge in [-0.3, -0.25) is 9.69 Å². The van der Waals surface area contributed by atoms with Gasteiger partial charge in [0.1, 0.15) is 0 Å². The molecule has 7 heteroatoms. The van der Waals surface area contributed by atoms with Gasteiger partial charge in [-0.1, -0.05) is 36.8 Å². The molecule has 5 nitrogen and oxygen atoms in total. The Bertz CT molecular complexity index is 527. The summed E-state index contributed by atoms with van der Waals surface area (Å²) in [5.41, 5.74) is 7.22. The van der Waals surface area contributed by atoms with Crippen molar-refractivity contribution in [2.45, 2.75) is 37.8 Å². The van der Waals surface area contributed by atoms with Crippen molar-refractivity contribution in [3.8, 4) is 0 Å². The fourth-order valence-corrected chi connectivity index (χ4v) is 3.72. The first-order valence-electron chi connectivity index (χ1n) is 9.13. The maximum atomic E-state index is 12.8. The third-order valence-electron chi connectivity index (χ3n) is 5.15. The van der Waals surface area contributed by atoms with E-state index in [2.05, 4.69) is 22.3 Å². The number of ether oxygens (including phenoxy) is 1. The van der Waals surface area contributed by atoms with E-state index in [0.29, 0.717) is 0 Å². The van der Waals surface area contributed by atoms with Crippen LogP contribution in [-0.4, -0.2) is 49.7 Å². The number of nitrogens with two attached hydrogens (primary N) is 1. The molecule has 26 heavy (non-hydrogen) atoms. The average Bonchev–Trinajstić information content (AvgIpc) is 2.63. The molecule has 0 radical (unpaired) electrons. The maximum Gasteiger partial charge on any atom is 0.223 e. The molecule has 1 saturated carbocycles. The number of nitrogens with zero attached hydrogens (tertiary/aromatic N) is 1. The van der Waals surface area contributed by atoms with E-state index in [4.69, 9.17) is 10.5 Å². The lowest BCUT2D eigenvalue weighted by Crippen LogP contribution is -2.45. The summed E-state index contributed by atoms with van der Waals surface area (Å²) in [6.07, 6.45) is 3.86. The lowest BCUT2D eigenvalue weighted by atomic mass is 9.85. The fourth-order valence-electron chi connectivity index (χ4n) is 3.72. The van der Waals surface area contributed by atoms with E-state index in [1.165, 1.54) is 0 Å². The number of carbonyl (C=O) groups excluding carboxylic acids is 1. The standard InChI is InChI=1S/C19H29N3O2.2ClH/c20-17-8-4-7-16(13-17)19(23)21-18(15-5-2-1-3-6-15)14-22-9-11-24-12-10-22;;/h1-3,5-6,16-18H,4,7-14,20H2,(H,21,23);2*1H. The molecule has 1 aliphatic heterocycles. The van der Waals surface area contributed by atoms with Crippen molar-refractivity contribution < 1.29 is 9.53 Å². The topological polar surface area (TPSA) is 67.6 Å². The monoisotopic (exact) mass is 403 g/mol. The van der Waals surface area contributed by atoms with E-state index in [1.54, 1.807) is 0 Å². The molecule has 3 atom stereocenters. The summed E-state index contributed by atoms with van der Waals surface area (Å²) in [4.78, 5) is 15.1. The molecule has 3 unspecified atom stereocenters. The van der Waals surface area contributed by atoms with Crippen LogP contribution >= 0.6 is 24.8 Å². The summed E-state index contributed by atoms with van der Waals surface area (Å²) in [5.74, 6) is 0.219. The minimum absolute atomic E-state index is 0. The Morgan fingerprint density at radius 1 is 1.19 bits per heavy atom. The molecule has 1 heterocycles. The summed E-state index contributed by atoms with van der Waals surface area (Å²) in [7, 11) is 0. The van der Waals surface area contributed by atoms with Crippen molar-refractivity contribution in [2.24, 2.45) is 11.7 Å². The van der Waals surface area contributed by atoms with Crippen molar-refractivity contribution in [1.82, 2.24) is 10.2 Å². The minimum atomic E-state index is 0. The van der Waals surface area contributed by atoms with Crippen LogP contribution in [0.15, 0.2) is 30.3 Å². The van der Waals surface area contributed by atoms with Crippen LogP contribution in [0.3, 0.4) is 0 Å². The Morgan fingerprint density at radius 2 is 1.88 bits per heavy atom. The van der Waals surface area contributed by atoms with Crippen LogP contribution in [0.1, 0.15) is 37.3 Å².